The molecular weight excluding hydrogens is 369 g/mol. The third-order valence-electron chi connectivity index (χ3n) is 6.01. The Labute approximate surface area is 174 Å². The van der Waals surface area contributed by atoms with Crippen LogP contribution in [0.3, 0.4) is 0 Å². The summed E-state index contributed by atoms with van der Waals surface area (Å²) < 4.78 is 19.4. The maximum Gasteiger partial charge on any atom is 0.191 e. The Bertz CT molecular complexity index is 654. The highest BCUT2D eigenvalue weighted by atomic mass is 19.1. The number of aliphatic imine (C=N–C) groups is 1. The van der Waals surface area contributed by atoms with Crippen molar-refractivity contribution in [2.75, 3.05) is 53.0 Å². The fourth-order valence-electron chi connectivity index (χ4n) is 4.20. The van der Waals surface area contributed by atoms with Crippen molar-refractivity contribution in [2.45, 2.75) is 44.8 Å². The molecule has 1 aromatic rings. The first-order chi connectivity index (χ1) is 14.1. The molecule has 2 saturated heterocycles. The van der Waals surface area contributed by atoms with Crippen LogP contribution < -0.4 is 10.6 Å². The molecule has 2 fully saturated rings. The lowest BCUT2D eigenvalue weighted by Gasteiger charge is -2.37. The summed E-state index contributed by atoms with van der Waals surface area (Å²) in [6.45, 7) is 10.6. The Morgan fingerprint density at radius 3 is 2.52 bits per heavy atom. The molecule has 0 radical (unpaired) electrons. The van der Waals surface area contributed by atoms with Crippen molar-refractivity contribution in [2.24, 2.45) is 4.99 Å². The molecule has 0 bridgehead atoms. The molecule has 1 atom stereocenters. The van der Waals surface area contributed by atoms with Gasteiger partial charge in [0.1, 0.15) is 5.82 Å². The van der Waals surface area contributed by atoms with Crippen LogP contribution in [0.4, 0.5) is 4.39 Å². The lowest BCUT2D eigenvalue weighted by Crippen LogP contribution is -2.51. The van der Waals surface area contributed by atoms with Gasteiger partial charge in [-0.15, -0.1) is 0 Å². The van der Waals surface area contributed by atoms with Crippen LogP contribution in [0.1, 0.15) is 38.3 Å². The summed E-state index contributed by atoms with van der Waals surface area (Å²) in [6.07, 6.45) is 2.24. The van der Waals surface area contributed by atoms with Crippen LogP contribution in [0, 0.1) is 5.82 Å². The Morgan fingerprint density at radius 1 is 1.17 bits per heavy atom. The average molecular weight is 406 g/mol. The second-order valence-corrected chi connectivity index (χ2v) is 8.22. The van der Waals surface area contributed by atoms with Crippen molar-refractivity contribution in [3.05, 3.63) is 35.6 Å². The third kappa shape index (κ3) is 6.39. The number of halogens is 1. The van der Waals surface area contributed by atoms with Gasteiger partial charge in [-0.3, -0.25) is 9.89 Å². The number of rotatable bonds is 6. The molecular formula is C22H36FN5O. The summed E-state index contributed by atoms with van der Waals surface area (Å²) >= 11 is 0. The predicted molar refractivity (Wildman–Crippen MR) is 116 cm³/mol. The summed E-state index contributed by atoms with van der Waals surface area (Å²) in [7, 11) is 1.81. The van der Waals surface area contributed by atoms with Crippen molar-refractivity contribution in [3.63, 3.8) is 0 Å². The van der Waals surface area contributed by atoms with Gasteiger partial charge in [0.05, 0.1) is 19.3 Å². The van der Waals surface area contributed by atoms with E-state index < -0.39 is 0 Å². The van der Waals surface area contributed by atoms with Crippen LogP contribution in [-0.2, 0) is 4.74 Å². The number of ether oxygens (including phenoxy) is 1. The number of likely N-dealkylation sites (tertiary alicyclic amines) is 1. The van der Waals surface area contributed by atoms with E-state index in [0.717, 1.165) is 50.5 Å². The fraction of sp³-hybridized carbons (Fsp3) is 0.682. The van der Waals surface area contributed by atoms with E-state index in [1.165, 1.54) is 6.07 Å². The summed E-state index contributed by atoms with van der Waals surface area (Å²) in [5.41, 5.74) is 0.986. The normalized spacial score (nSPS) is 21.3. The van der Waals surface area contributed by atoms with E-state index in [4.69, 9.17) is 4.74 Å². The largest absolute Gasteiger partial charge is 0.379 e. The molecule has 162 valence electrons. The van der Waals surface area contributed by atoms with Crippen LogP contribution in [0.15, 0.2) is 29.3 Å². The molecule has 2 heterocycles. The number of hydrogen-bond acceptors (Lipinski definition) is 4. The second kappa shape index (κ2) is 10.9. The van der Waals surface area contributed by atoms with Crippen LogP contribution in [-0.4, -0.2) is 80.8 Å². The highest BCUT2D eigenvalue weighted by Gasteiger charge is 2.25. The molecule has 2 aliphatic heterocycles. The molecule has 0 saturated carbocycles. The van der Waals surface area contributed by atoms with Crippen molar-refractivity contribution in [1.29, 1.82) is 0 Å². The van der Waals surface area contributed by atoms with Crippen LogP contribution in [0.2, 0.25) is 0 Å². The molecule has 0 aromatic heterocycles. The lowest BCUT2D eigenvalue weighted by atomic mass is 10.0. The van der Waals surface area contributed by atoms with Gasteiger partial charge in [0.15, 0.2) is 5.96 Å². The molecule has 0 spiro atoms. The second-order valence-electron chi connectivity index (χ2n) is 8.22. The number of hydrogen-bond donors (Lipinski definition) is 2. The molecule has 3 rings (SSSR count). The SMILES string of the molecule is CN=C(NCC(c1cccc(F)c1)N1CCOCC1)NC1CCN(C(C)C)CC1. The van der Waals surface area contributed by atoms with Gasteiger partial charge < -0.3 is 20.3 Å². The maximum absolute atomic E-state index is 13.9. The highest BCUT2D eigenvalue weighted by molar-refractivity contribution is 5.80. The lowest BCUT2D eigenvalue weighted by molar-refractivity contribution is 0.0169. The van der Waals surface area contributed by atoms with Crippen LogP contribution in [0.25, 0.3) is 0 Å². The number of guanidine groups is 1. The van der Waals surface area contributed by atoms with Crippen molar-refractivity contribution in [3.8, 4) is 0 Å². The van der Waals surface area contributed by atoms with E-state index in [-0.39, 0.29) is 11.9 Å². The zero-order valence-corrected chi connectivity index (χ0v) is 18.0. The standard InChI is InChI=1S/C22H36FN5O/c1-17(2)27-9-7-20(8-10-27)26-22(24-3)25-16-21(28-11-13-29-14-12-28)18-5-4-6-19(23)15-18/h4-6,15,17,20-21H,7-14,16H2,1-3H3,(H2,24,25,26). The van der Waals surface area contributed by atoms with Gasteiger partial charge in [0.2, 0.25) is 0 Å². The Hall–Kier alpha value is -1.70. The summed E-state index contributed by atoms with van der Waals surface area (Å²) in [6, 6.07) is 8.05. The van der Waals surface area contributed by atoms with E-state index in [1.54, 1.807) is 12.1 Å². The number of morpholine rings is 1. The quantitative estimate of drug-likeness (QED) is 0.562. The zero-order chi connectivity index (χ0) is 20.6. The van der Waals surface area contributed by atoms with Crippen molar-refractivity contribution >= 4 is 5.96 Å². The zero-order valence-electron chi connectivity index (χ0n) is 18.0. The Kier molecular flexibility index (Phi) is 8.27. The molecule has 2 N–H and O–H groups in total. The Balaban J connectivity index is 1.58. The van der Waals surface area contributed by atoms with E-state index in [0.29, 0.717) is 31.8 Å². The van der Waals surface area contributed by atoms with Gasteiger partial charge >= 0.3 is 0 Å². The van der Waals surface area contributed by atoms with Crippen LogP contribution in [0.5, 0.6) is 0 Å². The minimum Gasteiger partial charge on any atom is -0.379 e. The van der Waals surface area contributed by atoms with Crippen molar-refractivity contribution < 1.29 is 9.13 Å². The number of piperidine rings is 1. The van der Waals surface area contributed by atoms with Gasteiger partial charge in [-0.05, 0) is 44.4 Å². The van der Waals surface area contributed by atoms with Gasteiger partial charge in [-0.25, -0.2) is 4.39 Å². The van der Waals surface area contributed by atoms with Crippen LogP contribution >= 0.6 is 0 Å². The van der Waals surface area contributed by atoms with Gasteiger partial charge in [-0.1, -0.05) is 12.1 Å². The first-order valence-corrected chi connectivity index (χ1v) is 10.9. The fourth-order valence-corrected chi connectivity index (χ4v) is 4.20. The first-order valence-electron chi connectivity index (χ1n) is 10.9. The maximum atomic E-state index is 13.9. The van der Waals surface area contributed by atoms with Crippen molar-refractivity contribution in [1.82, 2.24) is 20.4 Å². The summed E-state index contributed by atoms with van der Waals surface area (Å²) in [5.74, 6) is 0.628. The molecule has 7 heteroatoms. The monoisotopic (exact) mass is 405 g/mol. The molecule has 1 unspecified atom stereocenters. The van der Waals surface area contributed by atoms with E-state index in [2.05, 4.69) is 39.3 Å². The van der Waals surface area contributed by atoms with Gasteiger partial charge in [0, 0.05) is 51.9 Å². The minimum absolute atomic E-state index is 0.0796. The first kappa shape index (κ1) is 22.0. The van der Waals surface area contributed by atoms with E-state index in [1.807, 2.05) is 13.1 Å². The third-order valence-corrected chi connectivity index (χ3v) is 6.01. The molecule has 0 aliphatic carbocycles. The number of nitrogens with one attached hydrogen (secondary N) is 2. The predicted octanol–water partition coefficient (Wildman–Crippen LogP) is 2.24. The molecule has 1 aromatic carbocycles. The van der Waals surface area contributed by atoms with Gasteiger partial charge in [0.25, 0.3) is 0 Å². The highest BCUT2D eigenvalue weighted by Crippen LogP contribution is 2.22. The molecule has 2 aliphatic rings. The van der Waals surface area contributed by atoms with Gasteiger partial charge in [-0.2, -0.15) is 0 Å². The summed E-state index contributed by atoms with van der Waals surface area (Å²) in [5, 5.41) is 7.07. The van der Waals surface area contributed by atoms with E-state index >= 15 is 0 Å². The summed E-state index contributed by atoms with van der Waals surface area (Å²) in [4.78, 5) is 9.31. The van der Waals surface area contributed by atoms with E-state index in [9.17, 15) is 4.39 Å². The Morgan fingerprint density at radius 2 is 1.90 bits per heavy atom. The molecule has 0 amide bonds. The molecule has 29 heavy (non-hydrogen) atoms. The molecule has 6 nitrogen and oxygen atoms in total. The topological polar surface area (TPSA) is 52.1 Å². The number of nitrogens with zero attached hydrogens (tertiary/aromatic N) is 3. The number of benzene rings is 1. The average Bonchev–Trinajstić information content (AvgIpc) is 2.74. The minimum atomic E-state index is -0.194. The smallest absolute Gasteiger partial charge is 0.191 e.